The molecule has 0 amide bonds. The van der Waals surface area contributed by atoms with Gasteiger partial charge in [-0.05, 0) is 69.4 Å². The van der Waals surface area contributed by atoms with Crippen molar-refractivity contribution in [3.05, 3.63) is 94.7 Å². The number of nitrogens with zero attached hydrogens (tertiary/aromatic N) is 4. The Kier molecular flexibility index (Phi) is 7.72. The molecule has 0 bridgehead atoms. The molecule has 2 atom stereocenters. The molecular formula is C30H32N4O3. The second-order valence-corrected chi connectivity index (χ2v) is 9.49. The number of pyridine rings is 2. The summed E-state index contributed by atoms with van der Waals surface area (Å²) in [5.74, 6) is 0.193. The van der Waals surface area contributed by atoms with Crippen molar-refractivity contribution in [2.75, 3.05) is 34.9 Å². The summed E-state index contributed by atoms with van der Waals surface area (Å²) in [6, 6.07) is 21.3. The Morgan fingerprint density at radius 1 is 1.03 bits per heavy atom. The number of fused-ring (bicyclic) bond motifs is 1. The number of ether oxygens (including phenoxy) is 2. The van der Waals surface area contributed by atoms with Gasteiger partial charge in [0.15, 0.2) is 0 Å². The molecule has 4 rings (SSSR count). The third-order valence-electron chi connectivity index (χ3n) is 6.67. The molecule has 0 spiro atoms. The standard InChI is InChI=1S/C30H32N4O3/c1-20-8-6-9-22(16-20)27(24-18-23-17-21(19-31)11-12-26(23)33-28(24)36-4)30(35,13-15-34(2)3)25-10-7-14-32-29(25)37-5/h6-12,14,16-18,27,35H,13,15H2,1-5H3/t27-,30-/m1/s1. The third kappa shape index (κ3) is 5.26. The van der Waals surface area contributed by atoms with Gasteiger partial charge in [-0.25, -0.2) is 9.97 Å². The minimum Gasteiger partial charge on any atom is -0.481 e. The molecule has 7 nitrogen and oxygen atoms in total. The van der Waals surface area contributed by atoms with E-state index in [0.717, 1.165) is 16.5 Å². The van der Waals surface area contributed by atoms with E-state index in [1.165, 1.54) is 0 Å². The van der Waals surface area contributed by atoms with Crippen LogP contribution in [0.3, 0.4) is 0 Å². The van der Waals surface area contributed by atoms with Gasteiger partial charge in [0.25, 0.3) is 0 Å². The summed E-state index contributed by atoms with van der Waals surface area (Å²) in [6.07, 6.45) is 2.04. The Bertz CT molecular complexity index is 1450. The molecule has 1 N–H and O–H groups in total. The predicted molar refractivity (Wildman–Crippen MR) is 144 cm³/mol. The van der Waals surface area contributed by atoms with Crippen LogP contribution in [-0.2, 0) is 5.60 Å². The Balaban J connectivity index is 2.08. The second-order valence-electron chi connectivity index (χ2n) is 9.49. The van der Waals surface area contributed by atoms with Crippen molar-refractivity contribution in [1.82, 2.24) is 14.9 Å². The first-order chi connectivity index (χ1) is 17.8. The topological polar surface area (TPSA) is 91.5 Å². The van der Waals surface area contributed by atoms with Gasteiger partial charge in [0.1, 0.15) is 5.60 Å². The Morgan fingerprint density at radius 3 is 2.49 bits per heavy atom. The molecule has 0 aliphatic heterocycles. The zero-order chi connectivity index (χ0) is 26.6. The van der Waals surface area contributed by atoms with Crippen molar-refractivity contribution >= 4 is 10.9 Å². The number of nitriles is 1. The van der Waals surface area contributed by atoms with Crippen LogP contribution in [0.15, 0.2) is 66.9 Å². The average Bonchev–Trinajstić information content (AvgIpc) is 2.91. The van der Waals surface area contributed by atoms with E-state index in [1.807, 2.05) is 68.4 Å². The summed E-state index contributed by atoms with van der Waals surface area (Å²) in [6.45, 7) is 2.64. The van der Waals surface area contributed by atoms with Gasteiger partial charge in [0, 0.05) is 35.2 Å². The molecule has 7 heteroatoms. The van der Waals surface area contributed by atoms with Gasteiger partial charge >= 0.3 is 0 Å². The summed E-state index contributed by atoms with van der Waals surface area (Å²) in [5.41, 5.74) is 3.07. The molecular weight excluding hydrogens is 464 g/mol. The lowest BCUT2D eigenvalue weighted by atomic mass is 9.71. The van der Waals surface area contributed by atoms with Crippen LogP contribution in [0.5, 0.6) is 11.8 Å². The average molecular weight is 497 g/mol. The van der Waals surface area contributed by atoms with Gasteiger partial charge in [0.05, 0.1) is 31.4 Å². The van der Waals surface area contributed by atoms with Crippen LogP contribution in [-0.4, -0.2) is 54.8 Å². The zero-order valence-corrected chi connectivity index (χ0v) is 21.9. The third-order valence-corrected chi connectivity index (χ3v) is 6.67. The van der Waals surface area contributed by atoms with Gasteiger partial charge in [-0.15, -0.1) is 0 Å². The summed E-state index contributed by atoms with van der Waals surface area (Å²) >= 11 is 0. The first-order valence-electron chi connectivity index (χ1n) is 12.1. The van der Waals surface area contributed by atoms with Gasteiger partial charge in [-0.2, -0.15) is 5.26 Å². The normalized spacial score (nSPS) is 13.7. The molecule has 2 heterocycles. The predicted octanol–water partition coefficient (Wildman–Crippen LogP) is 4.80. The lowest BCUT2D eigenvalue weighted by Crippen LogP contribution is -2.38. The van der Waals surface area contributed by atoms with E-state index in [9.17, 15) is 10.4 Å². The van der Waals surface area contributed by atoms with Crippen molar-refractivity contribution in [2.45, 2.75) is 24.9 Å². The van der Waals surface area contributed by atoms with E-state index < -0.39 is 11.5 Å². The molecule has 0 saturated carbocycles. The van der Waals surface area contributed by atoms with Crippen molar-refractivity contribution in [3.63, 3.8) is 0 Å². The molecule has 37 heavy (non-hydrogen) atoms. The van der Waals surface area contributed by atoms with Gasteiger partial charge < -0.3 is 19.5 Å². The van der Waals surface area contributed by atoms with Crippen LogP contribution in [0.4, 0.5) is 0 Å². The lowest BCUT2D eigenvalue weighted by Gasteiger charge is -2.39. The van der Waals surface area contributed by atoms with E-state index >= 15 is 0 Å². The quantitative estimate of drug-likeness (QED) is 0.356. The first-order valence-corrected chi connectivity index (χ1v) is 12.1. The van der Waals surface area contributed by atoms with Gasteiger partial charge in [0.2, 0.25) is 11.8 Å². The van der Waals surface area contributed by atoms with Crippen LogP contribution >= 0.6 is 0 Å². The van der Waals surface area contributed by atoms with Crippen molar-refractivity contribution in [1.29, 1.82) is 5.26 Å². The van der Waals surface area contributed by atoms with Crippen LogP contribution in [0.25, 0.3) is 10.9 Å². The van der Waals surface area contributed by atoms with Gasteiger partial charge in [-0.1, -0.05) is 29.8 Å². The Labute approximate surface area is 217 Å². The van der Waals surface area contributed by atoms with E-state index in [0.29, 0.717) is 46.9 Å². The molecule has 0 saturated heterocycles. The molecule has 2 aromatic heterocycles. The maximum atomic E-state index is 12.8. The number of aromatic nitrogens is 2. The number of benzene rings is 2. The number of methoxy groups -OCH3 is 2. The minimum absolute atomic E-state index is 0.362. The Morgan fingerprint density at radius 2 is 1.81 bits per heavy atom. The number of hydrogen-bond donors (Lipinski definition) is 1. The van der Waals surface area contributed by atoms with E-state index in [2.05, 4.69) is 17.1 Å². The highest BCUT2D eigenvalue weighted by Crippen LogP contribution is 2.49. The minimum atomic E-state index is -1.44. The first kappa shape index (κ1) is 26.1. The molecule has 0 unspecified atom stereocenters. The Hall–Kier alpha value is -3.99. The number of aliphatic hydroxyl groups is 1. The highest BCUT2D eigenvalue weighted by atomic mass is 16.5. The second kappa shape index (κ2) is 11.0. The van der Waals surface area contributed by atoms with Crippen LogP contribution in [0.1, 0.15) is 40.2 Å². The smallest absolute Gasteiger partial charge is 0.219 e. The fraction of sp³-hybridized carbons (Fsp3) is 0.300. The largest absolute Gasteiger partial charge is 0.481 e. The van der Waals surface area contributed by atoms with E-state index in [-0.39, 0.29) is 0 Å². The monoisotopic (exact) mass is 496 g/mol. The van der Waals surface area contributed by atoms with Crippen molar-refractivity contribution in [3.8, 4) is 17.8 Å². The van der Waals surface area contributed by atoms with Crippen molar-refractivity contribution < 1.29 is 14.6 Å². The molecule has 0 radical (unpaired) electrons. The summed E-state index contributed by atoms with van der Waals surface area (Å²) < 4.78 is 11.4. The zero-order valence-electron chi connectivity index (χ0n) is 21.9. The van der Waals surface area contributed by atoms with Crippen LogP contribution in [0, 0.1) is 18.3 Å². The number of aryl methyl sites for hydroxylation is 1. The van der Waals surface area contributed by atoms with E-state index in [4.69, 9.17) is 14.5 Å². The highest BCUT2D eigenvalue weighted by Gasteiger charge is 2.44. The highest BCUT2D eigenvalue weighted by molar-refractivity contribution is 5.82. The fourth-order valence-electron chi connectivity index (χ4n) is 4.89. The molecule has 2 aromatic carbocycles. The molecule has 0 aliphatic carbocycles. The number of rotatable bonds is 9. The van der Waals surface area contributed by atoms with Crippen molar-refractivity contribution in [2.24, 2.45) is 0 Å². The van der Waals surface area contributed by atoms with Gasteiger partial charge in [-0.3, -0.25) is 0 Å². The fourth-order valence-corrected chi connectivity index (χ4v) is 4.89. The summed E-state index contributed by atoms with van der Waals surface area (Å²) in [5, 5.41) is 23.1. The van der Waals surface area contributed by atoms with Crippen LogP contribution < -0.4 is 9.47 Å². The molecule has 0 aliphatic rings. The maximum absolute atomic E-state index is 12.8. The van der Waals surface area contributed by atoms with Crippen LogP contribution in [0.2, 0.25) is 0 Å². The molecule has 0 fully saturated rings. The number of hydrogen-bond acceptors (Lipinski definition) is 7. The summed E-state index contributed by atoms with van der Waals surface area (Å²) in [4.78, 5) is 11.2. The summed E-state index contributed by atoms with van der Waals surface area (Å²) in [7, 11) is 7.09. The van der Waals surface area contributed by atoms with E-state index in [1.54, 1.807) is 32.5 Å². The molecule has 4 aromatic rings. The molecule has 190 valence electrons. The lowest BCUT2D eigenvalue weighted by molar-refractivity contribution is 0.00128. The maximum Gasteiger partial charge on any atom is 0.219 e. The SMILES string of the molecule is COc1nc2ccc(C#N)cc2cc1[C@@H](c1cccc(C)c1)[C@@](O)(CCN(C)C)c1cccnc1OC.